The molecule has 2 N–H and O–H groups in total. The predicted molar refractivity (Wildman–Crippen MR) is 42.4 cm³/mol. The van der Waals surface area contributed by atoms with E-state index in [4.69, 9.17) is 20.1 Å². The van der Waals surface area contributed by atoms with Crippen molar-refractivity contribution in [3.63, 3.8) is 0 Å². The summed E-state index contributed by atoms with van der Waals surface area (Å²) in [6.45, 7) is 0. The Balaban J connectivity index is 2.80. The summed E-state index contributed by atoms with van der Waals surface area (Å²) in [5.74, 6) is 0.595. The van der Waals surface area contributed by atoms with Crippen LogP contribution in [0.15, 0.2) is 16.9 Å². The molecule has 4 heteroatoms. The van der Waals surface area contributed by atoms with Gasteiger partial charge in [0.1, 0.15) is 6.26 Å². The number of furan rings is 1. The summed E-state index contributed by atoms with van der Waals surface area (Å²) in [5.41, 5.74) is 6.40. The molecule has 0 radical (unpaired) electrons. The molecule has 0 fully saturated rings. The first kappa shape index (κ1) is 8.62. The molecule has 4 nitrogen and oxygen atoms in total. The van der Waals surface area contributed by atoms with Crippen LogP contribution in [-0.2, 0) is 0 Å². The highest BCUT2D eigenvalue weighted by molar-refractivity contribution is 5.31. The Morgan fingerprint density at radius 1 is 1.75 bits per heavy atom. The third-order valence-corrected chi connectivity index (χ3v) is 1.59. The first-order valence-electron chi connectivity index (χ1n) is 3.52. The number of nitriles is 1. The van der Waals surface area contributed by atoms with Crippen LogP contribution in [0, 0.1) is 11.3 Å². The summed E-state index contributed by atoms with van der Waals surface area (Å²) < 4.78 is 9.86. The van der Waals surface area contributed by atoms with Gasteiger partial charge in [0.2, 0.25) is 0 Å². The highest BCUT2D eigenvalue weighted by atomic mass is 16.5. The molecule has 0 unspecified atom stereocenters. The summed E-state index contributed by atoms with van der Waals surface area (Å²) in [7, 11) is 1.54. The van der Waals surface area contributed by atoms with Crippen LogP contribution in [0.2, 0.25) is 0 Å². The zero-order chi connectivity index (χ0) is 8.97. The molecule has 64 valence electrons. The lowest BCUT2D eigenvalue weighted by molar-refractivity contribution is 0.400. The molecule has 0 saturated heterocycles. The fraction of sp³-hybridized carbons (Fsp3) is 0.375. The van der Waals surface area contributed by atoms with Crippen molar-refractivity contribution in [2.24, 2.45) is 5.73 Å². The topological polar surface area (TPSA) is 72.2 Å². The predicted octanol–water partition coefficient (Wildman–Crippen LogP) is 1.20. The number of rotatable bonds is 3. The molecule has 0 aromatic carbocycles. The Labute approximate surface area is 70.5 Å². The fourth-order valence-corrected chi connectivity index (χ4v) is 0.940. The van der Waals surface area contributed by atoms with Gasteiger partial charge in [-0.05, 0) is 0 Å². The van der Waals surface area contributed by atoms with Gasteiger partial charge < -0.3 is 14.9 Å². The molecule has 1 atom stereocenters. The van der Waals surface area contributed by atoms with Gasteiger partial charge in [0, 0.05) is 6.04 Å². The van der Waals surface area contributed by atoms with Gasteiger partial charge in [0.05, 0.1) is 31.4 Å². The zero-order valence-electron chi connectivity index (χ0n) is 6.78. The van der Waals surface area contributed by atoms with E-state index in [0.717, 1.165) is 5.56 Å². The van der Waals surface area contributed by atoms with Gasteiger partial charge >= 0.3 is 0 Å². The van der Waals surface area contributed by atoms with E-state index in [-0.39, 0.29) is 12.5 Å². The third kappa shape index (κ3) is 1.57. The SMILES string of the molecule is COc1cocc1[C@@H](N)CC#N. The van der Waals surface area contributed by atoms with Crippen LogP contribution in [0.4, 0.5) is 0 Å². The van der Waals surface area contributed by atoms with Crippen molar-refractivity contribution in [3.05, 3.63) is 18.1 Å². The fourth-order valence-electron chi connectivity index (χ4n) is 0.940. The average molecular weight is 166 g/mol. The number of hydrogen-bond acceptors (Lipinski definition) is 4. The van der Waals surface area contributed by atoms with E-state index in [1.54, 1.807) is 0 Å². The van der Waals surface area contributed by atoms with E-state index >= 15 is 0 Å². The quantitative estimate of drug-likeness (QED) is 0.732. The summed E-state index contributed by atoms with van der Waals surface area (Å²) >= 11 is 0. The number of ether oxygens (including phenoxy) is 1. The highest BCUT2D eigenvalue weighted by Gasteiger charge is 2.13. The third-order valence-electron chi connectivity index (χ3n) is 1.59. The molecule has 0 aliphatic rings. The molecule has 1 aromatic rings. The minimum Gasteiger partial charge on any atom is -0.493 e. The van der Waals surface area contributed by atoms with Crippen molar-refractivity contribution in [2.75, 3.05) is 7.11 Å². The summed E-state index contributed by atoms with van der Waals surface area (Å²) in [5, 5.41) is 8.40. The molecule has 0 aliphatic carbocycles. The molecule has 0 saturated carbocycles. The minimum absolute atomic E-state index is 0.260. The molecule has 1 rings (SSSR count). The van der Waals surface area contributed by atoms with Gasteiger partial charge in [-0.1, -0.05) is 0 Å². The maximum Gasteiger partial charge on any atom is 0.161 e. The second-order valence-corrected chi connectivity index (χ2v) is 2.36. The molecule has 1 aromatic heterocycles. The maximum atomic E-state index is 8.40. The second-order valence-electron chi connectivity index (χ2n) is 2.36. The van der Waals surface area contributed by atoms with Crippen LogP contribution >= 0.6 is 0 Å². The molecule has 0 bridgehead atoms. The van der Waals surface area contributed by atoms with E-state index in [1.807, 2.05) is 6.07 Å². The maximum absolute atomic E-state index is 8.40. The van der Waals surface area contributed by atoms with Crippen LogP contribution < -0.4 is 10.5 Å². The second kappa shape index (κ2) is 3.79. The van der Waals surface area contributed by atoms with Crippen LogP contribution in [-0.4, -0.2) is 7.11 Å². The van der Waals surface area contributed by atoms with Crippen LogP contribution in [0.25, 0.3) is 0 Å². The Bertz CT molecular complexity index is 287. The largest absolute Gasteiger partial charge is 0.493 e. The smallest absolute Gasteiger partial charge is 0.161 e. The first-order chi connectivity index (χ1) is 5.79. The lowest BCUT2D eigenvalue weighted by Gasteiger charge is -2.05. The molecule has 0 spiro atoms. The standard InChI is InChI=1S/C8H10N2O2/c1-11-8-5-12-4-6(8)7(10)2-3-9/h4-5,7H,2,10H2,1H3/t7-/m0/s1. The Kier molecular flexibility index (Phi) is 2.72. The monoisotopic (exact) mass is 166 g/mol. The summed E-state index contributed by atoms with van der Waals surface area (Å²) in [4.78, 5) is 0. The van der Waals surface area contributed by atoms with Gasteiger partial charge in [-0.25, -0.2) is 0 Å². The summed E-state index contributed by atoms with van der Waals surface area (Å²) in [6.07, 6.45) is 3.23. The van der Waals surface area contributed by atoms with E-state index in [9.17, 15) is 0 Å². The normalized spacial score (nSPS) is 12.1. The lowest BCUT2D eigenvalue weighted by Crippen LogP contribution is -2.09. The average Bonchev–Trinajstić information content (AvgIpc) is 2.51. The van der Waals surface area contributed by atoms with Crippen LogP contribution in [0.5, 0.6) is 5.75 Å². The number of nitrogens with zero attached hydrogens (tertiary/aromatic N) is 1. The van der Waals surface area contributed by atoms with Crippen LogP contribution in [0.3, 0.4) is 0 Å². The Morgan fingerprint density at radius 2 is 2.50 bits per heavy atom. The van der Waals surface area contributed by atoms with Crippen molar-refractivity contribution in [1.29, 1.82) is 5.26 Å². The molecular weight excluding hydrogens is 156 g/mol. The van der Waals surface area contributed by atoms with Crippen molar-refractivity contribution < 1.29 is 9.15 Å². The van der Waals surface area contributed by atoms with Crippen molar-refractivity contribution in [1.82, 2.24) is 0 Å². The van der Waals surface area contributed by atoms with E-state index < -0.39 is 0 Å². The number of nitrogens with two attached hydrogens (primary N) is 1. The molecule has 12 heavy (non-hydrogen) atoms. The van der Waals surface area contributed by atoms with Gasteiger partial charge in [-0.2, -0.15) is 5.26 Å². The zero-order valence-corrected chi connectivity index (χ0v) is 6.78. The van der Waals surface area contributed by atoms with Crippen molar-refractivity contribution >= 4 is 0 Å². The number of methoxy groups -OCH3 is 1. The lowest BCUT2D eigenvalue weighted by atomic mass is 10.1. The van der Waals surface area contributed by atoms with Gasteiger partial charge in [-0.15, -0.1) is 0 Å². The molecule has 0 aliphatic heterocycles. The van der Waals surface area contributed by atoms with Crippen molar-refractivity contribution in [2.45, 2.75) is 12.5 Å². The van der Waals surface area contributed by atoms with Crippen molar-refractivity contribution in [3.8, 4) is 11.8 Å². The Hall–Kier alpha value is -1.47. The highest BCUT2D eigenvalue weighted by Crippen LogP contribution is 2.25. The van der Waals surface area contributed by atoms with E-state index in [0.29, 0.717) is 5.75 Å². The summed E-state index contributed by atoms with van der Waals surface area (Å²) in [6, 6.07) is 1.65. The first-order valence-corrected chi connectivity index (χ1v) is 3.52. The van der Waals surface area contributed by atoms with Gasteiger partial charge in [-0.3, -0.25) is 0 Å². The van der Waals surface area contributed by atoms with E-state index in [1.165, 1.54) is 19.6 Å². The molecular formula is C8H10N2O2. The minimum atomic E-state index is -0.330. The molecule has 1 heterocycles. The van der Waals surface area contributed by atoms with Crippen LogP contribution in [0.1, 0.15) is 18.0 Å². The molecule has 0 amide bonds. The van der Waals surface area contributed by atoms with E-state index in [2.05, 4.69) is 0 Å². The van der Waals surface area contributed by atoms with Gasteiger partial charge in [0.25, 0.3) is 0 Å². The van der Waals surface area contributed by atoms with Gasteiger partial charge in [0.15, 0.2) is 5.75 Å². The number of hydrogen-bond donors (Lipinski definition) is 1. The Morgan fingerprint density at radius 3 is 3.08 bits per heavy atom.